The van der Waals surface area contributed by atoms with Gasteiger partial charge in [-0.15, -0.1) is 0 Å². The lowest BCUT2D eigenvalue weighted by molar-refractivity contribution is -0.147. The van der Waals surface area contributed by atoms with Crippen LogP contribution >= 0.6 is 0 Å². The fourth-order valence-electron chi connectivity index (χ4n) is 5.26. The van der Waals surface area contributed by atoms with Crippen molar-refractivity contribution in [2.45, 2.75) is 71.5 Å². The Balaban J connectivity index is 1.98. The van der Waals surface area contributed by atoms with Gasteiger partial charge in [0.25, 0.3) is 0 Å². The van der Waals surface area contributed by atoms with Gasteiger partial charge in [-0.2, -0.15) is 0 Å². The zero-order chi connectivity index (χ0) is 18.1. The first-order chi connectivity index (χ1) is 10.9. The summed E-state index contributed by atoms with van der Waals surface area (Å²) in [6.45, 7) is 9.68. The third-order valence-electron chi connectivity index (χ3n) is 7.05. The molecular weight excluding hydrogens is 304 g/mol. The lowest BCUT2D eigenvalue weighted by atomic mass is 9.74. The Hall–Kier alpha value is -1.00. The summed E-state index contributed by atoms with van der Waals surface area (Å²) in [6, 6.07) is 0. The summed E-state index contributed by atoms with van der Waals surface area (Å²) in [7, 11) is 0. The third kappa shape index (κ3) is 2.59. The molecule has 0 radical (unpaired) electrons. The quantitative estimate of drug-likeness (QED) is 0.714. The topological polar surface area (TPSA) is 74.6 Å². The van der Waals surface area contributed by atoms with Crippen LogP contribution in [0.3, 0.4) is 0 Å². The number of Topliss-reactive ketones (excluding diaryl/α,β-unsaturated/α-hetero) is 2. The second-order valence-electron chi connectivity index (χ2n) is 9.34. The van der Waals surface area contributed by atoms with E-state index in [2.05, 4.69) is 13.8 Å². The van der Waals surface area contributed by atoms with Crippen molar-refractivity contribution >= 4 is 11.6 Å². The van der Waals surface area contributed by atoms with Crippen molar-refractivity contribution < 1.29 is 19.8 Å². The minimum absolute atomic E-state index is 0.131. The van der Waals surface area contributed by atoms with Crippen LogP contribution in [0.2, 0.25) is 0 Å². The predicted molar refractivity (Wildman–Crippen MR) is 91.2 cm³/mol. The van der Waals surface area contributed by atoms with E-state index in [0.29, 0.717) is 23.8 Å². The summed E-state index contributed by atoms with van der Waals surface area (Å²) < 4.78 is 0. The number of allylic oxidation sites excluding steroid dienone is 1. The number of carbonyl (C=O) groups is 2. The molecule has 4 nitrogen and oxygen atoms in total. The van der Waals surface area contributed by atoms with Gasteiger partial charge in [-0.05, 0) is 68.4 Å². The van der Waals surface area contributed by atoms with Gasteiger partial charge in [0, 0.05) is 5.92 Å². The van der Waals surface area contributed by atoms with Gasteiger partial charge in [0.1, 0.15) is 0 Å². The molecule has 0 heterocycles. The van der Waals surface area contributed by atoms with Crippen molar-refractivity contribution in [3.8, 4) is 0 Å². The molecule has 0 aromatic carbocycles. The minimum Gasteiger partial charge on any atom is -0.390 e. The number of hydrogen-bond donors (Lipinski definition) is 2. The molecule has 3 aliphatic carbocycles. The number of ketones is 2. The summed E-state index contributed by atoms with van der Waals surface area (Å²) in [5, 5.41) is 21.9. The molecule has 0 aliphatic heterocycles. The van der Waals surface area contributed by atoms with Gasteiger partial charge in [-0.3, -0.25) is 9.59 Å². The summed E-state index contributed by atoms with van der Waals surface area (Å²) in [5.41, 5.74) is -2.20. The molecule has 6 unspecified atom stereocenters. The molecule has 134 valence electrons. The number of aliphatic hydroxyl groups is 2. The second kappa shape index (κ2) is 5.25. The van der Waals surface area contributed by atoms with Gasteiger partial charge in [0.2, 0.25) is 0 Å². The summed E-state index contributed by atoms with van der Waals surface area (Å²) in [6.07, 6.45) is 3.81. The average Bonchev–Trinajstić information content (AvgIpc) is 2.91. The fraction of sp³-hybridized carbons (Fsp3) is 0.800. The smallest absolute Gasteiger partial charge is 0.171 e. The Morgan fingerprint density at radius 3 is 2.38 bits per heavy atom. The molecule has 2 N–H and O–H groups in total. The highest BCUT2D eigenvalue weighted by molar-refractivity contribution is 6.08. The van der Waals surface area contributed by atoms with Crippen LogP contribution in [0.1, 0.15) is 60.3 Å². The standard InChI is InChI=1S/C20H30O4/c1-11-8-14-13(18(14,3)4)6-7-19(5,23)10-15-16(21)12(2)9-20(15,24)17(11)22/h9,11,13-15,23-24H,6-8,10H2,1-5H3. The molecule has 6 atom stereocenters. The molecule has 3 rings (SSSR count). The van der Waals surface area contributed by atoms with Crippen molar-refractivity contribution in [2.24, 2.45) is 29.1 Å². The van der Waals surface area contributed by atoms with Crippen molar-refractivity contribution in [3.05, 3.63) is 11.6 Å². The molecule has 3 aliphatic rings. The molecule has 0 aromatic rings. The van der Waals surface area contributed by atoms with Crippen LogP contribution in [-0.2, 0) is 9.59 Å². The van der Waals surface area contributed by atoms with Gasteiger partial charge < -0.3 is 10.2 Å². The van der Waals surface area contributed by atoms with Crippen molar-refractivity contribution in [2.75, 3.05) is 0 Å². The van der Waals surface area contributed by atoms with Crippen LogP contribution in [-0.4, -0.2) is 33.0 Å². The highest BCUT2D eigenvalue weighted by Gasteiger charge is 2.60. The normalized spacial score (nSPS) is 48.2. The fourth-order valence-corrected chi connectivity index (χ4v) is 5.26. The molecule has 2 saturated carbocycles. The van der Waals surface area contributed by atoms with Crippen LogP contribution in [0.25, 0.3) is 0 Å². The molecular formula is C20H30O4. The third-order valence-corrected chi connectivity index (χ3v) is 7.05. The van der Waals surface area contributed by atoms with Crippen LogP contribution in [0.4, 0.5) is 0 Å². The van der Waals surface area contributed by atoms with E-state index in [9.17, 15) is 19.8 Å². The predicted octanol–water partition coefficient (Wildman–Crippen LogP) is 2.67. The molecule has 0 saturated heterocycles. The average molecular weight is 334 g/mol. The van der Waals surface area contributed by atoms with Gasteiger partial charge in [-0.25, -0.2) is 0 Å². The zero-order valence-corrected chi connectivity index (χ0v) is 15.4. The van der Waals surface area contributed by atoms with Crippen LogP contribution in [0, 0.1) is 29.1 Å². The lowest BCUT2D eigenvalue weighted by Gasteiger charge is -2.34. The molecule has 0 bridgehead atoms. The van der Waals surface area contributed by atoms with Crippen molar-refractivity contribution in [1.82, 2.24) is 0 Å². The molecule has 0 amide bonds. The Morgan fingerprint density at radius 2 is 1.75 bits per heavy atom. The summed E-state index contributed by atoms with van der Waals surface area (Å²) in [4.78, 5) is 25.5. The molecule has 4 heteroatoms. The van der Waals surface area contributed by atoms with E-state index in [0.717, 1.165) is 12.8 Å². The lowest BCUT2D eigenvalue weighted by Crippen LogP contribution is -2.49. The molecule has 24 heavy (non-hydrogen) atoms. The van der Waals surface area contributed by atoms with Gasteiger partial charge in [-0.1, -0.05) is 20.8 Å². The molecule has 0 spiro atoms. The number of fused-ring (bicyclic) bond motifs is 2. The zero-order valence-electron chi connectivity index (χ0n) is 15.4. The van der Waals surface area contributed by atoms with Crippen molar-refractivity contribution in [1.29, 1.82) is 0 Å². The maximum Gasteiger partial charge on any atom is 0.171 e. The van der Waals surface area contributed by atoms with E-state index in [1.54, 1.807) is 13.8 Å². The number of carbonyl (C=O) groups excluding carboxylic acids is 2. The van der Waals surface area contributed by atoms with E-state index in [1.807, 2.05) is 6.92 Å². The maximum absolute atomic E-state index is 13.0. The Morgan fingerprint density at radius 1 is 1.12 bits per heavy atom. The van der Waals surface area contributed by atoms with Crippen LogP contribution < -0.4 is 0 Å². The first kappa shape index (κ1) is 17.8. The second-order valence-corrected chi connectivity index (χ2v) is 9.34. The Kier molecular flexibility index (Phi) is 3.89. The van der Waals surface area contributed by atoms with E-state index in [-0.39, 0.29) is 29.3 Å². The highest BCUT2D eigenvalue weighted by atomic mass is 16.3. The maximum atomic E-state index is 13.0. The van der Waals surface area contributed by atoms with E-state index in [4.69, 9.17) is 0 Å². The summed E-state index contributed by atoms with van der Waals surface area (Å²) >= 11 is 0. The van der Waals surface area contributed by atoms with E-state index >= 15 is 0 Å². The number of hydrogen-bond acceptors (Lipinski definition) is 4. The number of rotatable bonds is 0. The van der Waals surface area contributed by atoms with Gasteiger partial charge >= 0.3 is 0 Å². The SMILES string of the molecule is CC1=CC2(O)C(=O)C(C)CC3C(CCC(C)(O)CC2C1=O)C3(C)C. The van der Waals surface area contributed by atoms with Crippen LogP contribution in [0.5, 0.6) is 0 Å². The monoisotopic (exact) mass is 334 g/mol. The van der Waals surface area contributed by atoms with Gasteiger partial charge in [0.15, 0.2) is 17.2 Å². The van der Waals surface area contributed by atoms with E-state index in [1.165, 1.54) is 6.08 Å². The molecule has 0 aromatic heterocycles. The Bertz CT molecular complexity index is 615. The summed E-state index contributed by atoms with van der Waals surface area (Å²) in [5.74, 6) is -0.677. The van der Waals surface area contributed by atoms with E-state index < -0.39 is 17.1 Å². The van der Waals surface area contributed by atoms with Gasteiger partial charge in [0.05, 0.1) is 11.5 Å². The first-order valence-corrected chi connectivity index (χ1v) is 9.13. The van der Waals surface area contributed by atoms with Crippen LogP contribution in [0.15, 0.2) is 11.6 Å². The largest absolute Gasteiger partial charge is 0.390 e. The Labute approximate surface area is 144 Å². The minimum atomic E-state index is -1.76. The molecule has 2 fully saturated rings. The van der Waals surface area contributed by atoms with Crippen molar-refractivity contribution in [3.63, 3.8) is 0 Å². The highest BCUT2D eigenvalue weighted by Crippen LogP contribution is 2.63. The first-order valence-electron chi connectivity index (χ1n) is 9.13.